The second-order valence-electron chi connectivity index (χ2n) is 5.64. The lowest BCUT2D eigenvalue weighted by molar-refractivity contribution is -0.118. The Bertz CT molecular complexity index is 836. The summed E-state index contributed by atoms with van der Waals surface area (Å²) in [4.78, 5) is 12.5. The van der Waals surface area contributed by atoms with E-state index >= 15 is 0 Å². The number of nitrogens with one attached hydrogen (secondary N) is 1. The second-order valence-corrected chi connectivity index (χ2v) is 6.08. The molecule has 0 spiro atoms. The number of benzene rings is 2. The molecule has 0 bridgehead atoms. The number of carbonyl (C=O) groups is 1. The second kappa shape index (κ2) is 6.47. The molecule has 1 N–H and O–H groups in total. The summed E-state index contributed by atoms with van der Waals surface area (Å²) in [6.07, 6.45) is 2.98. The van der Waals surface area contributed by atoms with Gasteiger partial charge in [0.1, 0.15) is 6.04 Å². The van der Waals surface area contributed by atoms with Gasteiger partial charge in [-0.25, -0.2) is 0 Å². The largest absolute Gasteiger partial charge is 0.335 e. The minimum absolute atomic E-state index is 0.0515. The fourth-order valence-electron chi connectivity index (χ4n) is 2.68. The zero-order valence-corrected chi connectivity index (χ0v) is 14.0. The first-order chi connectivity index (χ1) is 11.1. The highest BCUT2D eigenvalue weighted by Gasteiger charge is 2.16. The highest BCUT2D eigenvalue weighted by molar-refractivity contribution is 6.30. The molecule has 118 valence electrons. The summed E-state index contributed by atoms with van der Waals surface area (Å²) in [5, 5.41) is 4.74. The summed E-state index contributed by atoms with van der Waals surface area (Å²) in [6, 6.07) is 15.3. The van der Waals surface area contributed by atoms with Crippen LogP contribution in [0.3, 0.4) is 0 Å². The van der Waals surface area contributed by atoms with Crippen LogP contribution in [0.2, 0.25) is 5.02 Å². The summed E-state index contributed by atoms with van der Waals surface area (Å²) in [5.41, 5.74) is 3.12. The third kappa shape index (κ3) is 3.25. The molecular weight excluding hydrogens is 308 g/mol. The van der Waals surface area contributed by atoms with Crippen molar-refractivity contribution < 1.29 is 4.79 Å². The Morgan fingerprint density at radius 1 is 1.17 bits per heavy atom. The molecule has 0 aliphatic heterocycles. The lowest BCUT2D eigenvalue weighted by atomic mass is 10.1. The number of hydrogen-bond donors (Lipinski definition) is 1. The summed E-state index contributed by atoms with van der Waals surface area (Å²) < 4.78 is 2.00. The molecule has 0 aliphatic rings. The Balaban J connectivity index is 1.83. The van der Waals surface area contributed by atoms with Crippen LogP contribution < -0.4 is 5.32 Å². The predicted octanol–water partition coefficient (Wildman–Crippen LogP) is 5.06. The van der Waals surface area contributed by atoms with Gasteiger partial charge in [-0.2, -0.15) is 0 Å². The average molecular weight is 327 g/mol. The number of carbonyl (C=O) groups excluding carboxylic acids is 1. The van der Waals surface area contributed by atoms with Gasteiger partial charge < -0.3 is 9.88 Å². The van der Waals surface area contributed by atoms with E-state index in [9.17, 15) is 4.79 Å². The van der Waals surface area contributed by atoms with Crippen LogP contribution in [0.5, 0.6) is 0 Å². The number of hydrogen-bond acceptors (Lipinski definition) is 1. The van der Waals surface area contributed by atoms with Gasteiger partial charge in [0.25, 0.3) is 0 Å². The van der Waals surface area contributed by atoms with Gasteiger partial charge in [-0.05, 0) is 66.8 Å². The van der Waals surface area contributed by atoms with Crippen LogP contribution in [0.15, 0.2) is 54.7 Å². The van der Waals surface area contributed by atoms with Crippen molar-refractivity contribution in [2.75, 3.05) is 5.32 Å². The van der Waals surface area contributed by atoms with Crippen LogP contribution in [-0.4, -0.2) is 10.5 Å². The van der Waals surface area contributed by atoms with Crippen LogP contribution in [0.25, 0.3) is 10.9 Å². The average Bonchev–Trinajstić information content (AvgIpc) is 2.99. The van der Waals surface area contributed by atoms with Gasteiger partial charge in [0.2, 0.25) is 5.91 Å². The number of fused-ring (bicyclic) bond motifs is 1. The smallest absolute Gasteiger partial charge is 0.247 e. The molecule has 23 heavy (non-hydrogen) atoms. The first-order valence-electron chi connectivity index (χ1n) is 7.74. The molecular formula is C19H19ClN2O. The summed E-state index contributed by atoms with van der Waals surface area (Å²) >= 11 is 5.87. The minimum Gasteiger partial charge on any atom is -0.335 e. The topological polar surface area (TPSA) is 34.0 Å². The monoisotopic (exact) mass is 326 g/mol. The highest BCUT2D eigenvalue weighted by atomic mass is 35.5. The number of halogens is 1. The number of nitrogens with zero attached hydrogens (tertiary/aromatic N) is 1. The van der Waals surface area contributed by atoms with E-state index in [0.717, 1.165) is 23.0 Å². The minimum atomic E-state index is -0.296. The van der Waals surface area contributed by atoms with Crippen molar-refractivity contribution in [2.24, 2.45) is 0 Å². The number of amides is 1. The van der Waals surface area contributed by atoms with Crippen LogP contribution >= 0.6 is 11.6 Å². The Morgan fingerprint density at radius 2 is 1.91 bits per heavy atom. The molecule has 3 nitrogen and oxygen atoms in total. The molecule has 1 heterocycles. The molecule has 1 unspecified atom stereocenters. The van der Waals surface area contributed by atoms with Crippen molar-refractivity contribution in [2.45, 2.75) is 26.3 Å². The Morgan fingerprint density at radius 3 is 2.61 bits per heavy atom. The molecule has 0 aliphatic carbocycles. The van der Waals surface area contributed by atoms with Crippen LogP contribution in [0.1, 0.15) is 25.5 Å². The third-order valence-corrected chi connectivity index (χ3v) is 4.35. The van der Waals surface area contributed by atoms with Gasteiger partial charge in [0, 0.05) is 22.4 Å². The van der Waals surface area contributed by atoms with Crippen molar-refractivity contribution in [1.29, 1.82) is 0 Å². The van der Waals surface area contributed by atoms with E-state index in [2.05, 4.69) is 36.5 Å². The zero-order valence-electron chi connectivity index (χ0n) is 13.2. The Kier molecular flexibility index (Phi) is 4.39. The predicted molar refractivity (Wildman–Crippen MR) is 96.1 cm³/mol. The van der Waals surface area contributed by atoms with E-state index in [0.29, 0.717) is 5.02 Å². The maximum atomic E-state index is 12.5. The van der Waals surface area contributed by atoms with E-state index < -0.39 is 0 Å². The Labute approximate surface area is 140 Å². The van der Waals surface area contributed by atoms with Gasteiger partial charge in [-0.1, -0.05) is 24.6 Å². The third-order valence-electron chi connectivity index (χ3n) is 4.10. The SMILES string of the molecule is CCc1ccc2c(ccn2C(C)C(=O)Nc2ccc(Cl)cc2)c1. The molecule has 0 radical (unpaired) electrons. The highest BCUT2D eigenvalue weighted by Crippen LogP contribution is 2.23. The number of rotatable bonds is 4. The van der Waals surface area contributed by atoms with Gasteiger partial charge in [0.15, 0.2) is 0 Å². The first kappa shape index (κ1) is 15.6. The van der Waals surface area contributed by atoms with Crippen molar-refractivity contribution in [3.05, 3.63) is 65.3 Å². The van der Waals surface area contributed by atoms with E-state index in [1.54, 1.807) is 24.3 Å². The maximum absolute atomic E-state index is 12.5. The summed E-state index contributed by atoms with van der Waals surface area (Å²) in [7, 11) is 0. The quantitative estimate of drug-likeness (QED) is 0.714. The van der Waals surface area contributed by atoms with Gasteiger partial charge in [-0.15, -0.1) is 0 Å². The van der Waals surface area contributed by atoms with Gasteiger partial charge in [0.05, 0.1) is 0 Å². The Hall–Kier alpha value is -2.26. The van der Waals surface area contributed by atoms with Crippen molar-refractivity contribution in [3.63, 3.8) is 0 Å². The molecule has 1 amide bonds. The zero-order chi connectivity index (χ0) is 16.4. The molecule has 3 aromatic rings. The number of aryl methyl sites for hydroxylation is 1. The molecule has 0 fully saturated rings. The lowest BCUT2D eigenvalue weighted by Gasteiger charge is -2.15. The summed E-state index contributed by atoms with van der Waals surface area (Å²) in [5.74, 6) is -0.0515. The van der Waals surface area contributed by atoms with Crippen LogP contribution in [-0.2, 0) is 11.2 Å². The normalized spacial score (nSPS) is 12.3. The molecule has 2 aromatic carbocycles. The van der Waals surface area contributed by atoms with E-state index in [1.165, 1.54) is 5.56 Å². The molecule has 0 saturated carbocycles. The van der Waals surface area contributed by atoms with E-state index in [4.69, 9.17) is 11.6 Å². The van der Waals surface area contributed by atoms with E-state index in [-0.39, 0.29) is 11.9 Å². The van der Waals surface area contributed by atoms with E-state index in [1.807, 2.05) is 17.7 Å². The molecule has 1 atom stereocenters. The summed E-state index contributed by atoms with van der Waals surface area (Å²) in [6.45, 7) is 4.04. The van der Waals surface area contributed by atoms with Crippen molar-refractivity contribution >= 4 is 34.1 Å². The fraction of sp³-hybridized carbons (Fsp3) is 0.211. The molecule has 3 rings (SSSR count). The molecule has 0 saturated heterocycles. The lowest BCUT2D eigenvalue weighted by Crippen LogP contribution is -2.23. The molecule has 4 heteroatoms. The first-order valence-corrected chi connectivity index (χ1v) is 8.12. The molecule has 1 aromatic heterocycles. The fourth-order valence-corrected chi connectivity index (χ4v) is 2.80. The van der Waals surface area contributed by atoms with Gasteiger partial charge >= 0.3 is 0 Å². The maximum Gasteiger partial charge on any atom is 0.247 e. The van der Waals surface area contributed by atoms with Crippen molar-refractivity contribution in [1.82, 2.24) is 4.57 Å². The number of aromatic nitrogens is 1. The van der Waals surface area contributed by atoms with Crippen LogP contribution in [0, 0.1) is 0 Å². The van der Waals surface area contributed by atoms with Crippen LogP contribution in [0.4, 0.5) is 5.69 Å². The van der Waals surface area contributed by atoms with Crippen molar-refractivity contribution in [3.8, 4) is 0 Å². The van der Waals surface area contributed by atoms with Gasteiger partial charge in [-0.3, -0.25) is 4.79 Å². The standard InChI is InChI=1S/C19H19ClN2O/c1-3-14-4-9-18-15(12-14)10-11-22(18)13(2)19(23)21-17-7-5-16(20)6-8-17/h4-13H,3H2,1-2H3,(H,21,23). The number of anilines is 1.